The summed E-state index contributed by atoms with van der Waals surface area (Å²) in [6.45, 7) is 1.88. The van der Waals surface area contributed by atoms with Crippen LogP contribution < -0.4 is 0 Å². The molecule has 1 heteroatoms. The second-order valence-corrected chi connectivity index (χ2v) is 3.75. The molecular formula is C11H15Cl. The Bertz CT molecular complexity index is 217. The summed E-state index contributed by atoms with van der Waals surface area (Å²) in [5.74, 6) is 6.01. The van der Waals surface area contributed by atoms with Crippen LogP contribution >= 0.6 is 11.6 Å². The van der Waals surface area contributed by atoms with E-state index in [-0.39, 0.29) is 5.38 Å². The van der Waals surface area contributed by atoms with Crippen LogP contribution in [-0.2, 0) is 0 Å². The van der Waals surface area contributed by atoms with Crippen LogP contribution in [0.15, 0.2) is 11.6 Å². The van der Waals surface area contributed by atoms with Gasteiger partial charge in [0.1, 0.15) is 0 Å². The summed E-state index contributed by atoms with van der Waals surface area (Å²) in [6, 6.07) is 0. The molecule has 0 amide bonds. The molecule has 1 rings (SSSR count). The number of hydrogen-bond donors (Lipinski definition) is 0. The third-order valence-corrected chi connectivity index (χ3v) is 2.48. The zero-order chi connectivity index (χ0) is 8.81. The molecule has 0 aromatic carbocycles. The lowest BCUT2D eigenvalue weighted by Crippen LogP contribution is -1.90. The molecule has 1 aliphatic rings. The smallest absolute Gasteiger partial charge is 0.0518 e. The van der Waals surface area contributed by atoms with Gasteiger partial charge in [-0.15, -0.1) is 17.5 Å². The van der Waals surface area contributed by atoms with Crippen molar-refractivity contribution in [2.45, 2.75) is 44.4 Å². The van der Waals surface area contributed by atoms with Gasteiger partial charge in [0.2, 0.25) is 0 Å². The molecule has 0 heterocycles. The van der Waals surface area contributed by atoms with E-state index in [1.165, 1.54) is 24.8 Å². The molecule has 0 aliphatic heterocycles. The average Bonchev–Trinajstić information content (AvgIpc) is 2.26. The number of halogens is 1. The highest BCUT2D eigenvalue weighted by Gasteiger charge is 2.07. The standard InChI is InChI=1S/C11H15Cl/c1-2-3-6-10-7-4-5-8-11(12)9-10/h9,11H,4-8H2,1H3. The predicted molar refractivity (Wildman–Crippen MR) is 54.3 cm³/mol. The lowest BCUT2D eigenvalue weighted by Gasteiger charge is -1.99. The summed E-state index contributed by atoms with van der Waals surface area (Å²) < 4.78 is 0. The molecule has 1 atom stereocenters. The summed E-state index contributed by atoms with van der Waals surface area (Å²) in [5, 5.41) is 0.251. The fourth-order valence-electron chi connectivity index (χ4n) is 1.46. The Labute approximate surface area is 80.0 Å². The molecule has 1 unspecified atom stereocenters. The normalized spacial score (nSPS) is 23.5. The van der Waals surface area contributed by atoms with Crippen LogP contribution in [0, 0.1) is 11.8 Å². The zero-order valence-corrected chi connectivity index (χ0v) is 8.32. The lowest BCUT2D eigenvalue weighted by molar-refractivity contribution is 0.711. The van der Waals surface area contributed by atoms with Crippen molar-refractivity contribution in [2.24, 2.45) is 0 Å². The molecule has 12 heavy (non-hydrogen) atoms. The third kappa shape index (κ3) is 3.32. The molecule has 0 fully saturated rings. The van der Waals surface area contributed by atoms with Crippen LogP contribution in [0.3, 0.4) is 0 Å². The van der Waals surface area contributed by atoms with Crippen molar-refractivity contribution >= 4 is 11.6 Å². The minimum atomic E-state index is 0.251. The lowest BCUT2D eigenvalue weighted by atomic mass is 10.1. The van der Waals surface area contributed by atoms with Gasteiger partial charge in [0.25, 0.3) is 0 Å². The van der Waals surface area contributed by atoms with Gasteiger partial charge in [-0.05, 0) is 26.2 Å². The van der Waals surface area contributed by atoms with E-state index in [0.717, 1.165) is 12.8 Å². The largest absolute Gasteiger partial charge is 0.118 e. The molecule has 0 N–H and O–H groups in total. The molecule has 0 aromatic heterocycles. The van der Waals surface area contributed by atoms with E-state index >= 15 is 0 Å². The Morgan fingerprint density at radius 2 is 2.42 bits per heavy atom. The molecule has 0 saturated carbocycles. The van der Waals surface area contributed by atoms with Crippen molar-refractivity contribution in [2.75, 3.05) is 0 Å². The summed E-state index contributed by atoms with van der Waals surface area (Å²) in [7, 11) is 0. The maximum Gasteiger partial charge on any atom is 0.0518 e. The molecule has 0 bridgehead atoms. The van der Waals surface area contributed by atoms with Gasteiger partial charge in [-0.25, -0.2) is 0 Å². The van der Waals surface area contributed by atoms with Crippen molar-refractivity contribution in [1.29, 1.82) is 0 Å². The second-order valence-electron chi connectivity index (χ2n) is 3.19. The molecular weight excluding hydrogens is 168 g/mol. The Morgan fingerprint density at radius 1 is 1.58 bits per heavy atom. The number of allylic oxidation sites excluding steroid dienone is 2. The number of hydrogen-bond acceptors (Lipinski definition) is 0. The average molecular weight is 183 g/mol. The maximum absolute atomic E-state index is 6.07. The molecule has 0 saturated heterocycles. The van der Waals surface area contributed by atoms with E-state index in [0.29, 0.717) is 0 Å². The molecule has 0 aromatic rings. The fraction of sp³-hybridized carbons (Fsp3) is 0.636. The van der Waals surface area contributed by atoms with Crippen LogP contribution in [0.25, 0.3) is 0 Å². The molecule has 1 aliphatic carbocycles. The SMILES string of the molecule is CC#CCC1=CC(Cl)CCCC1. The first-order valence-electron chi connectivity index (χ1n) is 4.56. The first-order valence-corrected chi connectivity index (χ1v) is 5.00. The van der Waals surface area contributed by atoms with Gasteiger partial charge in [0.15, 0.2) is 0 Å². The third-order valence-electron chi connectivity index (χ3n) is 2.14. The van der Waals surface area contributed by atoms with E-state index in [1.807, 2.05) is 6.92 Å². The topological polar surface area (TPSA) is 0 Å². The van der Waals surface area contributed by atoms with E-state index < -0.39 is 0 Å². The quantitative estimate of drug-likeness (QED) is 0.331. The Kier molecular flexibility index (Phi) is 4.25. The Morgan fingerprint density at radius 3 is 3.17 bits per heavy atom. The first kappa shape index (κ1) is 9.68. The maximum atomic E-state index is 6.07. The van der Waals surface area contributed by atoms with Gasteiger partial charge in [-0.3, -0.25) is 0 Å². The summed E-state index contributed by atoms with van der Waals surface area (Å²) >= 11 is 6.07. The monoisotopic (exact) mass is 182 g/mol. The van der Waals surface area contributed by atoms with Crippen LogP contribution in [0.1, 0.15) is 39.0 Å². The van der Waals surface area contributed by atoms with E-state index in [4.69, 9.17) is 11.6 Å². The van der Waals surface area contributed by atoms with Crippen LogP contribution in [0.2, 0.25) is 0 Å². The van der Waals surface area contributed by atoms with Crippen LogP contribution in [0.4, 0.5) is 0 Å². The second kappa shape index (κ2) is 5.27. The first-order chi connectivity index (χ1) is 5.83. The van der Waals surface area contributed by atoms with Crippen LogP contribution in [0.5, 0.6) is 0 Å². The van der Waals surface area contributed by atoms with E-state index in [2.05, 4.69) is 17.9 Å². The minimum Gasteiger partial charge on any atom is -0.118 e. The van der Waals surface area contributed by atoms with Crippen molar-refractivity contribution in [3.8, 4) is 11.8 Å². The van der Waals surface area contributed by atoms with Crippen molar-refractivity contribution < 1.29 is 0 Å². The minimum absolute atomic E-state index is 0.251. The van der Waals surface area contributed by atoms with Crippen molar-refractivity contribution in [3.05, 3.63) is 11.6 Å². The van der Waals surface area contributed by atoms with Crippen molar-refractivity contribution in [3.63, 3.8) is 0 Å². The van der Waals surface area contributed by atoms with Crippen LogP contribution in [-0.4, -0.2) is 5.38 Å². The number of alkyl halides is 1. The van der Waals surface area contributed by atoms with Gasteiger partial charge < -0.3 is 0 Å². The van der Waals surface area contributed by atoms with Gasteiger partial charge in [-0.2, -0.15) is 0 Å². The molecule has 0 spiro atoms. The van der Waals surface area contributed by atoms with E-state index in [9.17, 15) is 0 Å². The van der Waals surface area contributed by atoms with E-state index in [1.54, 1.807) is 0 Å². The molecule has 66 valence electrons. The Balaban J connectivity index is 2.51. The molecule has 0 radical (unpaired) electrons. The summed E-state index contributed by atoms with van der Waals surface area (Å²) in [6.07, 6.45) is 7.97. The van der Waals surface area contributed by atoms with Crippen molar-refractivity contribution in [1.82, 2.24) is 0 Å². The predicted octanol–water partition coefficient (Wildman–Crippen LogP) is 3.51. The van der Waals surface area contributed by atoms with Gasteiger partial charge in [-0.1, -0.05) is 24.0 Å². The highest BCUT2D eigenvalue weighted by atomic mass is 35.5. The van der Waals surface area contributed by atoms with Gasteiger partial charge >= 0.3 is 0 Å². The Hall–Kier alpha value is -0.410. The fourth-order valence-corrected chi connectivity index (χ4v) is 1.80. The molecule has 0 nitrogen and oxygen atoms in total. The highest BCUT2D eigenvalue weighted by molar-refractivity contribution is 6.21. The number of rotatable bonds is 1. The summed E-state index contributed by atoms with van der Waals surface area (Å²) in [4.78, 5) is 0. The summed E-state index contributed by atoms with van der Waals surface area (Å²) in [5.41, 5.74) is 1.43. The zero-order valence-electron chi connectivity index (χ0n) is 7.57. The highest BCUT2D eigenvalue weighted by Crippen LogP contribution is 2.22. The van der Waals surface area contributed by atoms with Gasteiger partial charge in [0.05, 0.1) is 5.38 Å². The van der Waals surface area contributed by atoms with Gasteiger partial charge in [0, 0.05) is 6.42 Å².